The van der Waals surface area contributed by atoms with Gasteiger partial charge in [0.25, 0.3) is 0 Å². The molecule has 3 amide bonds. The smallest absolute Gasteiger partial charge is 0.249 e. The number of hydrogen-bond acceptors (Lipinski definition) is 5. The van der Waals surface area contributed by atoms with Gasteiger partial charge in [0.05, 0.1) is 18.2 Å². The van der Waals surface area contributed by atoms with Gasteiger partial charge in [0.2, 0.25) is 17.7 Å². The van der Waals surface area contributed by atoms with Crippen molar-refractivity contribution in [3.05, 3.63) is 0 Å². The van der Waals surface area contributed by atoms with Gasteiger partial charge in [-0.3, -0.25) is 14.4 Å². The average molecular weight is 348 g/mol. The van der Waals surface area contributed by atoms with Crippen LogP contribution in [0.1, 0.15) is 25.7 Å². The fraction of sp³-hybridized carbons (Fsp3) is 0.765. The minimum absolute atomic E-state index is 0.0121. The van der Waals surface area contributed by atoms with Gasteiger partial charge in [0, 0.05) is 27.2 Å². The number of carbonyl (C=O) groups is 3. The molecule has 2 aliphatic heterocycles. The molecule has 2 saturated heterocycles. The fourth-order valence-electron chi connectivity index (χ4n) is 3.98. The Morgan fingerprint density at radius 3 is 2.60 bits per heavy atom. The number of nitrogens with zero attached hydrogens (tertiary/aromatic N) is 4. The number of morpholine rings is 1. The Morgan fingerprint density at radius 2 is 2.00 bits per heavy atom. The lowest BCUT2D eigenvalue weighted by Gasteiger charge is -2.36. The third-order valence-corrected chi connectivity index (χ3v) is 5.55. The van der Waals surface area contributed by atoms with Gasteiger partial charge >= 0.3 is 0 Å². The van der Waals surface area contributed by atoms with Gasteiger partial charge in [-0.05, 0) is 12.8 Å². The van der Waals surface area contributed by atoms with Gasteiger partial charge in [0.15, 0.2) is 0 Å². The van der Waals surface area contributed by atoms with E-state index < -0.39 is 5.41 Å². The van der Waals surface area contributed by atoms with Crippen molar-refractivity contribution in [1.82, 2.24) is 14.7 Å². The van der Waals surface area contributed by atoms with Gasteiger partial charge < -0.3 is 19.4 Å². The Bertz CT molecular complexity index is 621. The van der Waals surface area contributed by atoms with E-state index in [1.54, 1.807) is 19.0 Å². The van der Waals surface area contributed by atoms with Crippen LogP contribution in [0.25, 0.3) is 0 Å². The van der Waals surface area contributed by atoms with Crippen molar-refractivity contribution < 1.29 is 19.1 Å². The molecule has 8 heteroatoms. The van der Waals surface area contributed by atoms with Gasteiger partial charge in [0.1, 0.15) is 18.6 Å². The van der Waals surface area contributed by atoms with E-state index in [0.717, 1.165) is 12.8 Å². The van der Waals surface area contributed by atoms with Crippen LogP contribution in [0.3, 0.4) is 0 Å². The molecule has 136 valence electrons. The normalized spacial score (nSPS) is 27.8. The Labute approximate surface area is 147 Å². The SMILES string of the molecule is CN(C)C(=O)CN1C(=O)CO[C@@H]2CN(C(=O)C3(C#N)CCCC3)C[C@H]21. The van der Waals surface area contributed by atoms with Crippen molar-refractivity contribution >= 4 is 17.7 Å². The molecule has 3 aliphatic rings. The molecule has 2 heterocycles. The first-order chi connectivity index (χ1) is 11.9. The molecule has 0 bridgehead atoms. The zero-order chi connectivity index (χ0) is 18.2. The minimum atomic E-state index is -0.929. The summed E-state index contributed by atoms with van der Waals surface area (Å²) in [6.07, 6.45) is 2.67. The van der Waals surface area contributed by atoms with Gasteiger partial charge in [-0.1, -0.05) is 12.8 Å². The lowest BCUT2D eigenvalue weighted by molar-refractivity contribution is -0.156. The average Bonchev–Trinajstić information content (AvgIpc) is 3.24. The molecule has 0 aromatic carbocycles. The van der Waals surface area contributed by atoms with E-state index in [1.165, 1.54) is 9.80 Å². The number of rotatable bonds is 3. The van der Waals surface area contributed by atoms with Crippen LogP contribution in [-0.2, 0) is 19.1 Å². The van der Waals surface area contributed by atoms with Crippen molar-refractivity contribution in [2.75, 3.05) is 40.3 Å². The zero-order valence-electron chi connectivity index (χ0n) is 14.7. The van der Waals surface area contributed by atoms with Crippen LogP contribution in [-0.4, -0.2) is 84.9 Å². The quantitative estimate of drug-likeness (QED) is 0.692. The number of carbonyl (C=O) groups excluding carboxylic acids is 3. The summed E-state index contributed by atoms with van der Waals surface area (Å²) in [7, 11) is 3.29. The predicted octanol–water partition coefficient (Wildman–Crippen LogP) is -0.403. The molecule has 8 nitrogen and oxygen atoms in total. The summed E-state index contributed by atoms with van der Waals surface area (Å²) in [6.45, 7) is 0.599. The van der Waals surface area contributed by atoms with Crippen molar-refractivity contribution in [1.29, 1.82) is 5.26 Å². The lowest BCUT2D eigenvalue weighted by Crippen LogP contribution is -2.56. The number of fused-ring (bicyclic) bond motifs is 1. The Kier molecular flexibility index (Phi) is 4.69. The molecule has 1 saturated carbocycles. The highest BCUT2D eigenvalue weighted by Gasteiger charge is 2.50. The second kappa shape index (κ2) is 6.64. The van der Waals surface area contributed by atoms with E-state index in [4.69, 9.17) is 4.74 Å². The summed E-state index contributed by atoms with van der Waals surface area (Å²) in [5.41, 5.74) is -0.929. The van der Waals surface area contributed by atoms with Crippen molar-refractivity contribution in [2.45, 2.75) is 37.8 Å². The monoisotopic (exact) mass is 348 g/mol. The van der Waals surface area contributed by atoms with E-state index in [0.29, 0.717) is 25.9 Å². The molecule has 0 aromatic rings. The van der Waals surface area contributed by atoms with Crippen LogP contribution in [0, 0.1) is 16.7 Å². The fourth-order valence-corrected chi connectivity index (χ4v) is 3.98. The largest absolute Gasteiger partial charge is 0.364 e. The molecule has 3 fully saturated rings. The topological polar surface area (TPSA) is 94.0 Å². The summed E-state index contributed by atoms with van der Waals surface area (Å²) in [6, 6.07) is 1.90. The highest BCUT2D eigenvalue weighted by Crippen LogP contribution is 2.40. The zero-order valence-corrected chi connectivity index (χ0v) is 14.7. The summed E-state index contributed by atoms with van der Waals surface area (Å²) in [4.78, 5) is 41.8. The molecule has 2 atom stereocenters. The van der Waals surface area contributed by atoms with Crippen molar-refractivity contribution in [2.24, 2.45) is 5.41 Å². The van der Waals surface area contributed by atoms with Gasteiger partial charge in [-0.15, -0.1) is 0 Å². The van der Waals surface area contributed by atoms with Crippen molar-refractivity contribution in [3.8, 4) is 6.07 Å². The van der Waals surface area contributed by atoms with Gasteiger partial charge in [-0.2, -0.15) is 5.26 Å². The number of ether oxygens (including phenoxy) is 1. The second-order valence-electron chi connectivity index (χ2n) is 7.34. The highest BCUT2D eigenvalue weighted by atomic mass is 16.5. The molecule has 0 aromatic heterocycles. The summed E-state index contributed by atoms with van der Waals surface area (Å²) in [5, 5.41) is 9.54. The molecule has 25 heavy (non-hydrogen) atoms. The molecular formula is C17H24N4O4. The van der Waals surface area contributed by atoms with Crippen LogP contribution >= 0.6 is 0 Å². The molecule has 0 unspecified atom stereocenters. The Hall–Kier alpha value is -2.14. The maximum absolute atomic E-state index is 12.9. The van der Waals surface area contributed by atoms with Crippen molar-refractivity contribution in [3.63, 3.8) is 0 Å². The maximum atomic E-state index is 12.9. The number of likely N-dealkylation sites (tertiary alicyclic amines) is 1. The third kappa shape index (κ3) is 3.09. The Morgan fingerprint density at radius 1 is 1.32 bits per heavy atom. The lowest BCUT2D eigenvalue weighted by atomic mass is 9.86. The van der Waals surface area contributed by atoms with Crippen LogP contribution in [0.4, 0.5) is 0 Å². The van der Waals surface area contributed by atoms with E-state index >= 15 is 0 Å². The van der Waals surface area contributed by atoms with E-state index in [9.17, 15) is 19.6 Å². The van der Waals surface area contributed by atoms with Crippen LogP contribution in [0.2, 0.25) is 0 Å². The number of hydrogen-bond donors (Lipinski definition) is 0. The molecule has 1 aliphatic carbocycles. The highest BCUT2D eigenvalue weighted by molar-refractivity contribution is 5.88. The molecule has 0 N–H and O–H groups in total. The number of amides is 3. The summed E-state index contributed by atoms with van der Waals surface area (Å²) >= 11 is 0. The van der Waals surface area contributed by atoms with Crippen LogP contribution in [0.5, 0.6) is 0 Å². The molecular weight excluding hydrogens is 324 g/mol. The number of likely N-dealkylation sites (N-methyl/N-ethyl adjacent to an activating group) is 1. The number of nitriles is 1. The van der Waals surface area contributed by atoms with E-state index in [1.807, 2.05) is 0 Å². The first-order valence-electron chi connectivity index (χ1n) is 8.70. The molecule has 3 rings (SSSR count). The summed E-state index contributed by atoms with van der Waals surface area (Å²) < 4.78 is 5.60. The third-order valence-electron chi connectivity index (χ3n) is 5.55. The summed E-state index contributed by atoms with van der Waals surface area (Å²) in [5.74, 6) is -0.554. The predicted molar refractivity (Wildman–Crippen MR) is 87.0 cm³/mol. The standard InChI is InChI=1S/C17H24N4O4/c1-19(2)14(22)9-21-12-7-20(8-13(12)25-10-15(21)23)16(24)17(11-18)5-3-4-6-17/h12-13H,3-10H2,1-2H3/t12-,13-/m1/s1. The first-order valence-corrected chi connectivity index (χ1v) is 8.70. The van der Waals surface area contributed by atoms with Gasteiger partial charge in [-0.25, -0.2) is 0 Å². The first kappa shape index (κ1) is 17.7. The van der Waals surface area contributed by atoms with Crippen LogP contribution < -0.4 is 0 Å². The minimum Gasteiger partial charge on any atom is -0.364 e. The molecule has 0 spiro atoms. The van der Waals surface area contributed by atoms with E-state index in [-0.39, 0.29) is 43.0 Å². The van der Waals surface area contributed by atoms with Crippen LogP contribution in [0.15, 0.2) is 0 Å². The maximum Gasteiger partial charge on any atom is 0.249 e. The Balaban J connectivity index is 1.74. The second-order valence-corrected chi connectivity index (χ2v) is 7.34. The van der Waals surface area contributed by atoms with E-state index in [2.05, 4.69) is 6.07 Å². The molecule has 0 radical (unpaired) electrons.